The fourth-order valence-corrected chi connectivity index (χ4v) is 3.48. The molecule has 134 valence electrons. The van der Waals surface area contributed by atoms with Gasteiger partial charge in [0.1, 0.15) is 6.54 Å². The summed E-state index contributed by atoms with van der Waals surface area (Å²) in [6.45, 7) is 1.25. The third-order valence-electron chi connectivity index (χ3n) is 4.36. The monoisotopic (exact) mass is 416 g/mol. The highest BCUT2D eigenvalue weighted by Crippen LogP contribution is 2.30. The number of nitrogens with zero attached hydrogens (tertiary/aromatic N) is 2. The van der Waals surface area contributed by atoms with Crippen molar-refractivity contribution in [3.05, 3.63) is 34.4 Å². The van der Waals surface area contributed by atoms with E-state index < -0.39 is 17.5 Å². The second kappa shape index (κ2) is 6.82. The lowest BCUT2D eigenvalue weighted by atomic mass is 10.1. The molecule has 0 aliphatic carbocycles. The van der Waals surface area contributed by atoms with Crippen molar-refractivity contribution in [2.45, 2.75) is 32.0 Å². The molecule has 2 heterocycles. The van der Waals surface area contributed by atoms with Crippen molar-refractivity contribution in [2.24, 2.45) is 0 Å². The maximum atomic E-state index is 12.9. The molecule has 0 radical (unpaired) electrons. The van der Waals surface area contributed by atoms with E-state index in [1.54, 1.807) is 17.0 Å². The van der Waals surface area contributed by atoms with Gasteiger partial charge in [0.25, 0.3) is 5.78 Å². The minimum atomic E-state index is -4.96. The normalized spacial score (nSPS) is 15.6. The van der Waals surface area contributed by atoms with Crippen LogP contribution >= 0.6 is 15.9 Å². The topological polar surface area (TPSA) is 42.3 Å². The highest BCUT2D eigenvalue weighted by atomic mass is 79.9. The molecule has 8 heteroatoms. The summed E-state index contributed by atoms with van der Waals surface area (Å²) in [5.74, 6) is -2.05. The summed E-state index contributed by atoms with van der Waals surface area (Å²) in [5, 5.41) is 0.183. The summed E-state index contributed by atoms with van der Waals surface area (Å²) in [4.78, 5) is 25.9. The van der Waals surface area contributed by atoms with E-state index >= 15 is 0 Å². The van der Waals surface area contributed by atoms with Crippen LogP contribution in [0.2, 0.25) is 0 Å². The third-order valence-corrected chi connectivity index (χ3v) is 4.85. The fourth-order valence-electron chi connectivity index (χ4n) is 3.12. The number of hydrogen-bond donors (Lipinski definition) is 0. The molecule has 1 aliphatic rings. The van der Waals surface area contributed by atoms with Crippen molar-refractivity contribution in [3.8, 4) is 0 Å². The number of rotatable bonds is 3. The Bertz CT molecular complexity index is 823. The molecule has 0 N–H and O–H groups in total. The van der Waals surface area contributed by atoms with Gasteiger partial charge in [-0.2, -0.15) is 13.2 Å². The molecule has 0 spiro atoms. The lowest BCUT2D eigenvalue weighted by Gasteiger charge is -2.27. The van der Waals surface area contributed by atoms with Crippen LogP contribution in [0.4, 0.5) is 13.2 Å². The quantitative estimate of drug-likeness (QED) is 0.704. The van der Waals surface area contributed by atoms with Crippen molar-refractivity contribution in [3.63, 3.8) is 0 Å². The van der Waals surface area contributed by atoms with Gasteiger partial charge in [-0.15, -0.1) is 0 Å². The molecule has 0 atom stereocenters. The van der Waals surface area contributed by atoms with Gasteiger partial charge >= 0.3 is 6.18 Å². The first kappa shape index (κ1) is 18.0. The van der Waals surface area contributed by atoms with Crippen LogP contribution in [-0.2, 0) is 11.3 Å². The second-order valence-electron chi connectivity index (χ2n) is 6.10. The molecule has 4 nitrogen and oxygen atoms in total. The lowest BCUT2D eigenvalue weighted by molar-refractivity contribution is -0.132. The summed E-state index contributed by atoms with van der Waals surface area (Å²) >= 11 is 3.21. The van der Waals surface area contributed by atoms with Gasteiger partial charge in [0.05, 0.1) is 5.56 Å². The average Bonchev–Trinajstić information content (AvgIpc) is 2.91. The molecular formula is C17H16BrF3N2O2. The summed E-state index contributed by atoms with van der Waals surface area (Å²) in [6.07, 6.45) is -0.882. The van der Waals surface area contributed by atoms with Crippen LogP contribution < -0.4 is 0 Å². The molecule has 0 saturated carbocycles. The molecule has 1 amide bonds. The zero-order chi connectivity index (χ0) is 18.2. The molecule has 1 saturated heterocycles. The number of halogens is 4. The number of benzene rings is 1. The number of aromatic nitrogens is 1. The summed E-state index contributed by atoms with van der Waals surface area (Å²) < 4.78 is 40.6. The highest BCUT2D eigenvalue weighted by molar-refractivity contribution is 9.10. The smallest absolute Gasteiger partial charge is 0.341 e. The molecular weight excluding hydrogens is 401 g/mol. The minimum absolute atomic E-state index is 0.0801. The van der Waals surface area contributed by atoms with Gasteiger partial charge in [0.15, 0.2) is 0 Å². The Hall–Kier alpha value is -1.83. The predicted octanol–water partition coefficient (Wildman–Crippen LogP) is 4.16. The second-order valence-corrected chi connectivity index (χ2v) is 7.02. The molecule has 0 unspecified atom stereocenters. The first-order valence-electron chi connectivity index (χ1n) is 7.95. The van der Waals surface area contributed by atoms with E-state index in [4.69, 9.17) is 0 Å². The van der Waals surface area contributed by atoms with Crippen LogP contribution in [0.1, 0.15) is 29.6 Å². The number of hydrogen-bond acceptors (Lipinski definition) is 2. The van der Waals surface area contributed by atoms with Crippen LogP contribution in [0.25, 0.3) is 10.9 Å². The zero-order valence-corrected chi connectivity index (χ0v) is 14.9. The van der Waals surface area contributed by atoms with Crippen LogP contribution in [0.5, 0.6) is 0 Å². The van der Waals surface area contributed by atoms with Crippen molar-refractivity contribution < 1.29 is 22.8 Å². The summed E-state index contributed by atoms with van der Waals surface area (Å²) in [6, 6.07) is 4.75. The maximum absolute atomic E-state index is 12.9. The Balaban J connectivity index is 1.98. The summed E-state index contributed by atoms with van der Waals surface area (Å²) in [5.41, 5.74) is -0.00333. The van der Waals surface area contributed by atoms with Crippen molar-refractivity contribution in [1.29, 1.82) is 0 Å². The van der Waals surface area contributed by atoms with Gasteiger partial charge in [-0.3, -0.25) is 9.59 Å². The number of ketones is 1. The molecule has 1 aliphatic heterocycles. The predicted molar refractivity (Wildman–Crippen MR) is 90.5 cm³/mol. The van der Waals surface area contributed by atoms with E-state index in [9.17, 15) is 22.8 Å². The standard InChI is InChI=1S/C17H16BrF3N2O2/c18-11-4-5-14-12(8-11)13(16(25)17(19,20)21)9-23(14)10-15(24)22-6-2-1-3-7-22/h4-5,8-9H,1-3,6-7,10H2. The van der Waals surface area contributed by atoms with E-state index in [1.807, 2.05) is 0 Å². The number of alkyl halides is 3. The van der Waals surface area contributed by atoms with Crippen molar-refractivity contribution in [1.82, 2.24) is 9.47 Å². The van der Waals surface area contributed by atoms with Gasteiger partial charge in [0, 0.05) is 34.7 Å². The number of fused-ring (bicyclic) bond motifs is 1. The van der Waals surface area contributed by atoms with Gasteiger partial charge in [-0.25, -0.2) is 0 Å². The Kier molecular flexibility index (Phi) is 4.90. The number of carbonyl (C=O) groups is 2. The van der Waals surface area contributed by atoms with Gasteiger partial charge in [-0.05, 0) is 37.5 Å². The van der Waals surface area contributed by atoms with Crippen LogP contribution in [0.3, 0.4) is 0 Å². The molecule has 1 aromatic heterocycles. The fraction of sp³-hybridized carbons (Fsp3) is 0.412. The van der Waals surface area contributed by atoms with Gasteiger partial charge in [0.2, 0.25) is 5.91 Å². The SMILES string of the molecule is O=C(Cn1cc(C(=O)C(F)(F)F)c2cc(Br)ccc21)N1CCCCC1. The highest BCUT2D eigenvalue weighted by Gasteiger charge is 2.41. The van der Waals surface area contributed by atoms with E-state index in [0.717, 1.165) is 25.5 Å². The van der Waals surface area contributed by atoms with Gasteiger partial charge in [-0.1, -0.05) is 15.9 Å². The Morgan fingerprint density at radius 3 is 2.44 bits per heavy atom. The van der Waals surface area contributed by atoms with Crippen LogP contribution in [-0.4, -0.2) is 40.4 Å². The van der Waals surface area contributed by atoms with E-state index in [-0.39, 0.29) is 17.8 Å². The molecule has 1 aromatic carbocycles. The van der Waals surface area contributed by atoms with Crippen molar-refractivity contribution in [2.75, 3.05) is 13.1 Å². The largest absolute Gasteiger partial charge is 0.454 e. The van der Waals surface area contributed by atoms with Crippen molar-refractivity contribution >= 4 is 38.5 Å². The Labute approximate surface area is 150 Å². The molecule has 0 bridgehead atoms. The first-order chi connectivity index (χ1) is 11.8. The number of amides is 1. The van der Waals surface area contributed by atoms with E-state index in [0.29, 0.717) is 23.1 Å². The number of carbonyl (C=O) groups excluding carboxylic acids is 2. The van der Waals surface area contributed by atoms with E-state index in [2.05, 4.69) is 15.9 Å². The summed E-state index contributed by atoms with van der Waals surface area (Å²) in [7, 11) is 0. The van der Waals surface area contributed by atoms with E-state index in [1.165, 1.54) is 10.6 Å². The molecule has 2 aromatic rings. The maximum Gasteiger partial charge on any atom is 0.454 e. The minimum Gasteiger partial charge on any atom is -0.341 e. The zero-order valence-electron chi connectivity index (χ0n) is 13.3. The van der Waals surface area contributed by atoms with Crippen LogP contribution in [0.15, 0.2) is 28.9 Å². The third kappa shape index (κ3) is 3.73. The average molecular weight is 417 g/mol. The molecule has 3 rings (SSSR count). The number of Topliss-reactive ketones (excluding diaryl/α,β-unsaturated/α-hetero) is 1. The van der Waals surface area contributed by atoms with Gasteiger partial charge < -0.3 is 9.47 Å². The molecule has 25 heavy (non-hydrogen) atoms. The lowest BCUT2D eigenvalue weighted by Crippen LogP contribution is -2.37. The number of likely N-dealkylation sites (tertiary alicyclic amines) is 1. The Morgan fingerprint density at radius 1 is 1.12 bits per heavy atom. The van der Waals surface area contributed by atoms with Crippen LogP contribution in [0, 0.1) is 0 Å². The first-order valence-corrected chi connectivity index (χ1v) is 8.74. The molecule has 1 fully saturated rings. The Morgan fingerprint density at radius 2 is 1.80 bits per heavy atom. The number of piperidine rings is 1.